The van der Waals surface area contributed by atoms with Crippen molar-refractivity contribution >= 4 is 40.0 Å². The number of thiophene rings is 1. The van der Waals surface area contributed by atoms with Crippen LogP contribution in [0.5, 0.6) is 5.75 Å². The Morgan fingerprint density at radius 3 is 2.76 bits per heavy atom. The highest BCUT2D eigenvalue weighted by molar-refractivity contribution is 7.99. The summed E-state index contributed by atoms with van der Waals surface area (Å²) in [6, 6.07) is 6.09. The zero-order valence-electron chi connectivity index (χ0n) is 22.9. The predicted octanol–water partition coefficient (Wildman–Crippen LogP) is 6.15. The molecule has 0 radical (unpaired) electrons. The average Bonchev–Trinajstić information content (AvgIpc) is 3.44. The number of carbonyl (C=O) groups excluding carboxylic acids is 2. The second-order valence-electron chi connectivity index (χ2n) is 9.73. The molecular formula is C28H36N4O4S2. The number of aromatic nitrogens is 3. The first-order valence-corrected chi connectivity index (χ1v) is 14.9. The number of carbonyl (C=O) groups is 2. The molecule has 0 spiro atoms. The molecule has 38 heavy (non-hydrogen) atoms. The fourth-order valence-corrected chi connectivity index (χ4v) is 6.95. The molecule has 10 heteroatoms. The first kappa shape index (κ1) is 28.2. The Hall–Kier alpha value is -2.85. The Morgan fingerprint density at radius 1 is 1.26 bits per heavy atom. The van der Waals surface area contributed by atoms with Crippen LogP contribution in [0.4, 0.5) is 5.00 Å². The molecule has 1 aliphatic carbocycles. The van der Waals surface area contributed by atoms with E-state index in [-0.39, 0.29) is 23.7 Å². The Bertz CT molecular complexity index is 1320. The van der Waals surface area contributed by atoms with Crippen LogP contribution in [0.3, 0.4) is 0 Å². The summed E-state index contributed by atoms with van der Waals surface area (Å²) in [6.45, 7) is 13.0. The Labute approximate surface area is 232 Å². The summed E-state index contributed by atoms with van der Waals surface area (Å²) in [5, 5.41) is 12.9. The Kier molecular flexibility index (Phi) is 9.15. The van der Waals surface area contributed by atoms with Crippen LogP contribution in [0.15, 0.2) is 23.4 Å². The predicted molar refractivity (Wildman–Crippen MR) is 151 cm³/mol. The maximum absolute atomic E-state index is 13.0. The summed E-state index contributed by atoms with van der Waals surface area (Å²) in [7, 11) is 0. The summed E-state index contributed by atoms with van der Waals surface area (Å²) in [5.41, 5.74) is 3.80. The van der Waals surface area contributed by atoms with E-state index >= 15 is 0 Å². The molecular weight excluding hydrogens is 520 g/mol. The molecule has 4 rings (SSSR count). The van der Waals surface area contributed by atoms with Crippen LogP contribution in [-0.4, -0.2) is 39.0 Å². The number of thioether (sulfide) groups is 1. The van der Waals surface area contributed by atoms with Gasteiger partial charge in [-0.3, -0.25) is 4.79 Å². The fourth-order valence-electron chi connectivity index (χ4n) is 4.73. The van der Waals surface area contributed by atoms with Gasteiger partial charge in [0.25, 0.3) is 0 Å². The Morgan fingerprint density at radius 2 is 2.05 bits per heavy atom. The molecule has 1 N–H and O–H groups in total. The second kappa shape index (κ2) is 12.3. The summed E-state index contributed by atoms with van der Waals surface area (Å²) in [6.07, 6.45) is 2.47. The van der Waals surface area contributed by atoms with Gasteiger partial charge in [0.1, 0.15) is 10.8 Å². The third kappa shape index (κ3) is 6.23. The van der Waals surface area contributed by atoms with Crippen LogP contribution in [0.2, 0.25) is 0 Å². The minimum Gasteiger partial charge on any atom is -0.482 e. The van der Waals surface area contributed by atoms with Gasteiger partial charge < -0.3 is 19.4 Å². The van der Waals surface area contributed by atoms with Crippen LogP contribution in [0.25, 0.3) is 0 Å². The smallest absolute Gasteiger partial charge is 0.341 e. The molecule has 0 aliphatic heterocycles. The van der Waals surface area contributed by atoms with Gasteiger partial charge in [-0.2, -0.15) is 0 Å². The van der Waals surface area contributed by atoms with Gasteiger partial charge in [-0.05, 0) is 77.0 Å². The van der Waals surface area contributed by atoms with E-state index in [1.54, 1.807) is 6.92 Å². The minimum atomic E-state index is -0.365. The van der Waals surface area contributed by atoms with Gasteiger partial charge in [-0.15, -0.1) is 21.5 Å². The average molecular weight is 557 g/mol. The fraction of sp³-hybridized carbons (Fsp3) is 0.500. The van der Waals surface area contributed by atoms with Crippen molar-refractivity contribution in [3.05, 3.63) is 51.2 Å². The van der Waals surface area contributed by atoms with E-state index in [1.807, 2.05) is 37.5 Å². The molecule has 0 saturated carbocycles. The van der Waals surface area contributed by atoms with Gasteiger partial charge in [0, 0.05) is 11.4 Å². The van der Waals surface area contributed by atoms with E-state index in [0.717, 1.165) is 36.1 Å². The zero-order chi connectivity index (χ0) is 27.4. The topological polar surface area (TPSA) is 95.3 Å². The highest BCUT2D eigenvalue weighted by Gasteiger charge is 2.29. The lowest BCUT2D eigenvalue weighted by molar-refractivity contribution is -0.113. The van der Waals surface area contributed by atoms with E-state index in [4.69, 9.17) is 9.47 Å². The van der Waals surface area contributed by atoms with Crippen LogP contribution < -0.4 is 10.1 Å². The lowest BCUT2D eigenvalue weighted by Crippen LogP contribution is -2.18. The molecule has 0 saturated heterocycles. The number of amides is 1. The van der Waals surface area contributed by atoms with Crippen LogP contribution in [0.1, 0.15) is 78.0 Å². The first-order chi connectivity index (χ1) is 18.2. The quantitative estimate of drug-likeness (QED) is 0.236. The molecule has 1 aliphatic rings. The molecule has 1 amide bonds. The highest BCUT2D eigenvalue weighted by atomic mass is 32.2. The number of hydrogen-bond acceptors (Lipinski definition) is 8. The number of anilines is 1. The standard InChI is InChI=1S/C28H36N4O4S2/c1-7-32-25(19(6)36-21-12-10-16(3)13-18(21)5)30-31-28(32)37-15-23(33)29-26-24(27(34)35-8-2)20-11-9-17(4)14-22(20)38-26/h10,12-13,17,19H,7-9,11,14-15H2,1-6H3,(H,29,33). The van der Waals surface area contributed by atoms with Crippen molar-refractivity contribution in [3.63, 3.8) is 0 Å². The van der Waals surface area contributed by atoms with E-state index in [2.05, 4.69) is 35.4 Å². The molecule has 0 fully saturated rings. The zero-order valence-corrected chi connectivity index (χ0v) is 24.6. The van der Waals surface area contributed by atoms with Gasteiger partial charge in [-0.1, -0.05) is 36.4 Å². The number of benzene rings is 1. The number of nitrogens with one attached hydrogen (secondary N) is 1. The van der Waals surface area contributed by atoms with Gasteiger partial charge in [0.15, 0.2) is 17.1 Å². The molecule has 2 unspecified atom stereocenters. The number of ether oxygens (including phenoxy) is 2. The normalized spacial score (nSPS) is 15.6. The third-order valence-corrected chi connectivity index (χ3v) is 8.77. The van der Waals surface area contributed by atoms with Crippen molar-refractivity contribution in [1.82, 2.24) is 14.8 Å². The summed E-state index contributed by atoms with van der Waals surface area (Å²) in [5.74, 6) is 1.67. The Balaban J connectivity index is 1.45. The van der Waals surface area contributed by atoms with E-state index in [9.17, 15) is 9.59 Å². The van der Waals surface area contributed by atoms with E-state index in [1.165, 1.54) is 33.5 Å². The number of esters is 1. The number of nitrogens with zero attached hydrogens (tertiary/aromatic N) is 3. The largest absolute Gasteiger partial charge is 0.482 e. The molecule has 0 bridgehead atoms. The van der Waals surface area contributed by atoms with Gasteiger partial charge in [0.2, 0.25) is 5.91 Å². The van der Waals surface area contributed by atoms with Gasteiger partial charge in [-0.25, -0.2) is 4.79 Å². The molecule has 2 aromatic heterocycles. The molecule has 204 valence electrons. The van der Waals surface area contributed by atoms with Gasteiger partial charge in [0.05, 0.1) is 17.9 Å². The molecule has 1 aromatic carbocycles. The summed E-state index contributed by atoms with van der Waals surface area (Å²) >= 11 is 2.82. The maximum atomic E-state index is 13.0. The molecule has 3 aromatic rings. The number of rotatable bonds is 10. The van der Waals surface area contributed by atoms with E-state index in [0.29, 0.717) is 40.6 Å². The highest BCUT2D eigenvalue weighted by Crippen LogP contribution is 2.40. The van der Waals surface area contributed by atoms with Gasteiger partial charge >= 0.3 is 5.97 Å². The van der Waals surface area contributed by atoms with Crippen molar-refractivity contribution in [3.8, 4) is 5.75 Å². The molecule has 2 heterocycles. The second-order valence-corrected chi connectivity index (χ2v) is 11.8. The molecule has 8 nitrogen and oxygen atoms in total. The van der Waals surface area contributed by atoms with E-state index < -0.39 is 0 Å². The van der Waals surface area contributed by atoms with Crippen molar-refractivity contribution in [1.29, 1.82) is 0 Å². The van der Waals surface area contributed by atoms with Crippen molar-refractivity contribution < 1.29 is 19.1 Å². The van der Waals surface area contributed by atoms with Crippen molar-refractivity contribution in [2.45, 2.75) is 78.6 Å². The third-order valence-electron chi connectivity index (χ3n) is 6.64. The van der Waals surface area contributed by atoms with Crippen molar-refractivity contribution in [2.24, 2.45) is 5.92 Å². The number of fused-ring (bicyclic) bond motifs is 1. The lowest BCUT2D eigenvalue weighted by atomic mass is 9.88. The first-order valence-electron chi connectivity index (χ1n) is 13.1. The number of hydrogen-bond donors (Lipinski definition) is 1. The maximum Gasteiger partial charge on any atom is 0.341 e. The minimum absolute atomic E-state index is 0.145. The lowest BCUT2D eigenvalue weighted by Gasteiger charge is -2.18. The summed E-state index contributed by atoms with van der Waals surface area (Å²) < 4.78 is 13.5. The summed E-state index contributed by atoms with van der Waals surface area (Å²) in [4.78, 5) is 26.9. The number of aryl methyl sites for hydroxylation is 2. The van der Waals surface area contributed by atoms with Crippen LogP contribution >= 0.6 is 23.1 Å². The van der Waals surface area contributed by atoms with Crippen LogP contribution in [0, 0.1) is 19.8 Å². The van der Waals surface area contributed by atoms with Crippen LogP contribution in [-0.2, 0) is 28.9 Å². The van der Waals surface area contributed by atoms with Crippen molar-refractivity contribution in [2.75, 3.05) is 17.7 Å². The monoisotopic (exact) mass is 556 g/mol. The molecule has 2 atom stereocenters. The SMILES string of the molecule is CCOC(=O)c1c(NC(=O)CSc2nnc(C(C)Oc3ccc(C)cc3C)n2CC)sc2c1CCC(C)C2.